The third kappa shape index (κ3) is 2.87. The largest absolute Gasteiger partial charge is 0.336 e. The second kappa shape index (κ2) is 5.64. The van der Waals surface area contributed by atoms with E-state index in [2.05, 4.69) is 31.0 Å². The molecular weight excluding hydrogens is 284 g/mol. The topological polar surface area (TPSA) is 52.2 Å². The molecule has 2 rings (SSSR count). The Morgan fingerprint density at radius 3 is 2.71 bits per heavy atom. The average molecular weight is 301 g/mol. The number of hydrogen-bond donors (Lipinski definition) is 1. The van der Waals surface area contributed by atoms with Crippen molar-refractivity contribution in [1.29, 1.82) is 0 Å². The first-order valence-corrected chi connectivity index (χ1v) is 6.92. The van der Waals surface area contributed by atoms with Crippen molar-refractivity contribution in [3.8, 4) is 0 Å². The number of nitrogens with one attached hydrogen (secondary N) is 1. The van der Waals surface area contributed by atoms with Gasteiger partial charge in [-0.1, -0.05) is 15.9 Å². The van der Waals surface area contributed by atoms with Crippen LogP contribution in [0.3, 0.4) is 0 Å². The summed E-state index contributed by atoms with van der Waals surface area (Å²) in [4.78, 5) is 16.5. The number of carbonyl (C=O) groups excluding carboxylic acids is 1. The number of hydrogen-bond acceptors (Lipinski definition) is 3. The zero-order valence-electron chi connectivity index (χ0n) is 9.95. The number of H-pyrrole nitrogens is 1. The minimum Gasteiger partial charge on any atom is -0.336 e. The molecule has 5 nitrogen and oxygen atoms in total. The highest BCUT2D eigenvalue weighted by Gasteiger charge is 2.23. The van der Waals surface area contributed by atoms with E-state index in [4.69, 9.17) is 0 Å². The van der Waals surface area contributed by atoms with Gasteiger partial charge in [0.1, 0.15) is 0 Å². The maximum absolute atomic E-state index is 12.2. The van der Waals surface area contributed by atoms with E-state index in [1.54, 1.807) is 6.20 Å². The molecule has 1 amide bonds. The fourth-order valence-electron chi connectivity index (χ4n) is 2.03. The monoisotopic (exact) mass is 300 g/mol. The molecule has 6 heteroatoms. The lowest BCUT2D eigenvalue weighted by Gasteiger charge is -2.34. The van der Waals surface area contributed by atoms with E-state index in [-0.39, 0.29) is 5.91 Å². The number of aromatic nitrogens is 2. The normalized spacial score (nSPS) is 17.4. The lowest BCUT2D eigenvalue weighted by Crippen LogP contribution is -2.49. The van der Waals surface area contributed by atoms with Crippen LogP contribution in [0.15, 0.2) is 6.20 Å². The predicted molar refractivity (Wildman–Crippen MR) is 69.5 cm³/mol. The molecule has 1 saturated heterocycles. The van der Waals surface area contributed by atoms with Crippen LogP contribution in [0.4, 0.5) is 0 Å². The van der Waals surface area contributed by atoms with E-state index in [1.807, 2.05) is 11.8 Å². The second-order valence-electron chi connectivity index (χ2n) is 4.23. The summed E-state index contributed by atoms with van der Waals surface area (Å²) in [7, 11) is 0. The lowest BCUT2D eigenvalue weighted by atomic mass is 10.2. The van der Waals surface area contributed by atoms with Gasteiger partial charge in [-0.15, -0.1) is 0 Å². The highest BCUT2D eigenvalue weighted by atomic mass is 79.9. The standard InChI is InChI=1S/C11H17BrN4O/c1-9-10(8-13-14-9)11(17)16-6-4-15(3-2-12)5-7-16/h8H,2-7H2,1H3,(H,13,14). The van der Waals surface area contributed by atoms with Gasteiger partial charge in [-0.25, -0.2) is 0 Å². The molecule has 0 saturated carbocycles. The maximum atomic E-state index is 12.2. The van der Waals surface area contributed by atoms with Crippen LogP contribution in [0.5, 0.6) is 0 Å². The summed E-state index contributed by atoms with van der Waals surface area (Å²) in [5.74, 6) is 0.0924. The van der Waals surface area contributed by atoms with Crippen molar-refractivity contribution in [3.63, 3.8) is 0 Å². The van der Waals surface area contributed by atoms with E-state index >= 15 is 0 Å². The number of aryl methyl sites for hydroxylation is 1. The van der Waals surface area contributed by atoms with Gasteiger partial charge in [0.05, 0.1) is 11.8 Å². The number of carbonyl (C=O) groups is 1. The Balaban J connectivity index is 1.93. The lowest BCUT2D eigenvalue weighted by molar-refractivity contribution is 0.0644. The Hall–Kier alpha value is -0.880. The molecule has 17 heavy (non-hydrogen) atoms. The van der Waals surface area contributed by atoms with Gasteiger partial charge >= 0.3 is 0 Å². The SMILES string of the molecule is Cc1[nH]ncc1C(=O)N1CCN(CCBr)CC1. The molecule has 0 spiro atoms. The average Bonchev–Trinajstić information content (AvgIpc) is 2.76. The van der Waals surface area contributed by atoms with E-state index in [0.717, 1.165) is 43.7 Å². The zero-order valence-corrected chi connectivity index (χ0v) is 11.5. The molecule has 0 bridgehead atoms. The van der Waals surface area contributed by atoms with Crippen LogP contribution >= 0.6 is 15.9 Å². The summed E-state index contributed by atoms with van der Waals surface area (Å²) in [6.07, 6.45) is 1.61. The van der Waals surface area contributed by atoms with Gasteiger partial charge in [-0.05, 0) is 6.92 Å². The quantitative estimate of drug-likeness (QED) is 0.843. The molecule has 1 N–H and O–H groups in total. The van der Waals surface area contributed by atoms with Crippen LogP contribution in [0.2, 0.25) is 0 Å². The van der Waals surface area contributed by atoms with E-state index < -0.39 is 0 Å². The first kappa shape index (κ1) is 12.6. The first-order valence-electron chi connectivity index (χ1n) is 5.80. The number of aromatic amines is 1. The molecule has 1 aliphatic heterocycles. The van der Waals surface area contributed by atoms with Crippen molar-refractivity contribution in [1.82, 2.24) is 20.0 Å². The summed E-state index contributed by atoms with van der Waals surface area (Å²) in [6.45, 7) is 6.43. The summed E-state index contributed by atoms with van der Waals surface area (Å²) in [6, 6.07) is 0. The van der Waals surface area contributed by atoms with Crippen molar-refractivity contribution in [2.24, 2.45) is 0 Å². The predicted octanol–water partition coefficient (Wildman–Crippen LogP) is 0.871. The Kier molecular flexibility index (Phi) is 4.17. The minimum atomic E-state index is 0.0924. The van der Waals surface area contributed by atoms with Crippen molar-refractivity contribution >= 4 is 21.8 Å². The first-order chi connectivity index (χ1) is 8.22. The van der Waals surface area contributed by atoms with Crippen molar-refractivity contribution in [2.75, 3.05) is 38.1 Å². The maximum Gasteiger partial charge on any atom is 0.257 e. The van der Waals surface area contributed by atoms with Crippen molar-refractivity contribution < 1.29 is 4.79 Å². The van der Waals surface area contributed by atoms with Crippen LogP contribution < -0.4 is 0 Å². The van der Waals surface area contributed by atoms with Crippen LogP contribution in [-0.2, 0) is 0 Å². The minimum absolute atomic E-state index is 0.0924. The molecule has 0 aliphatic carbocycles. The Morgan fingerprint density at radius 1 is 1.47 bits per heavy atom. The fraction of sp³-hybridized carbons (Fsp3) is 0.636. The highest BCUT2D eigenvalue weighted by Crippen LogP contribution is 2.10. The van der Waals surface area contributed by atoms with Crippen molar-refractivity contribution in [2.45, 2.75) is 6.92 Å². The Labute approximate surface area is 109 Å². The van der Waals surface area contributed by atoms with Gasteiger partial charge < -0.3 is 4.90 Å². The summed E-state index contributed by atoms with van der Waals surface area (Å²) < 4.78 is 0. The van der Waals surface area contributed by atoms with Crippen LogP contribution in [0.25, 0.3) is 0 Å². The summed E-state index contributed by atoms with van der Waals surface area (Å²) in [5.41, 5.74) is 1.54. The molecule has 0 aromatic carbocycles. The number of rotatable bonds is 3. The third-order valence-corrected chi connectivity index (χ3v) is 3.48. The molecular formula is C11H17BrN4O. The number of halogens is 1. The molecule has 0 atom stereocenters. The van der Waals surface area contributed by atoms with Crippen LogP contribution in [-0.4, -0.2) is 64.0 Å². The van der Waals surface area contributed by atoms with Gasteiger partial charge in [0.25, 0.3) is 5.91 Å². The molecule has 0 radical (unpaired) electrons. The van der Waals surface area contributed by atoms with Gasteiger partial charge in [0.2, 0.25) is 0 Å². The Morgan fingerprint density at radius 2 is 2.18 bits per heavy atom. The highest BCUT2D eigenvalue weighted by molar-refractivity contribution is 9.09. The Bertz CT molecular complexity index is 385. The van der Waals surface area contributed by atoms with Crippen LogP contribution in [0, 0.1) is 6.92 Å². The molecule has 94 valence electrons. The smallest absolute Gasteiger partial charge is 0.257 e. The molecule has 1 aromatic rings. The summed E-state index contributed by atoms with van der Waals surface area (Å²) in [5, 5.41) is 7.68. The molecule has 0 unspecified atom stereocenters. The van der Waals surface area contributed by atoms with E-state index in [0.29, 0.717) is 5.56 Å². The fourth-order valence-corrected chi connectivity index (χ4v) is 2.53. The number of nitrogens with zero attached hydrogens (tertiary/aromatic N) is 3. The van der Waals surface area contributed by atoms with E-state index in [9.17, 15) is 4.79 Å². The molecule has 1 fully saturated rings. The number of piperazine rings is 1. The second-order valence-corrected chi connectivity index (χ2v) is 5.02. The van der Waals surface area contributed by atoms with Gasteiger partial charge in [0, 0.05) is 43.7 Å². The van der Waals surface area contributed by atoms with Gasteiger partial charge in [-0.2, -0.15) is 5.10 Å². The van der Waals surface area contributed by atoms with E-state index in [1.165, 1.54) is 0 Å². The van der Waals surface area contributed by atoms with Crippen LogP contribution in [0.1, 0.15) is 16.1 Å². The van der Waals surface area contributed by atoms with Crippen molar-refractivity contribution in [3.05, 3.63) is 17.5 Å². The summed E-state index contributed by atoms with van der Waals surface area (Å²) >= 11 is 3.44. The third-order valence-electron chi connectivity index (χ3n) is 3.12. The van der Waals surface area contributed by atoms with Gasteiger partial charge in [0.15, 0.2) is 0 Å². The number of amides is 1. The molecule has 2 heterocycles. The zero-order chi connectivity index (χ0) is 12.3. The van der Waals surface area contributed by atoms with Gasteiger partial charge in [-0.3, -0.25) is 14.8 Å². The number of alkyl halides is 1. The molecule has 1 aliphatic rings. The molecule has 1 aromatic heterocycles.